The average molecular weight is 347 g/mol. The van der Waals surface area contributed by atoms with Crippen LogP contribution in [0.1, 0.15) is 35.7 Å². The summed E-state index contributed by atoms with van der Waals surface area (Å²) in [6.07, 6.45) is 2.78. The fraction of sp³-hybridized carbons (Fsp3) is 0.278. The Bertz CT molecular complexity index is 815. The van der Waals surface area contributed by atoms with E-state index >= 15 is 0 Å². The first-order valence-corrected chi connectivity index (χ1v) is 9.26. The molecule has 1 N–H and O–H groups in total. The van der Waals surface area contributed by atoms with E-state index in [1.807, 2.05) is 12.1 Å². The summed E-state index contributed by atoms with van der Waals surface area (Å²) >= 11 is 0. The van der Waals surface area contributed by atoms with Crippen LogP contribution in [-0.2, 0) is 21.2 Å². The van der Waals surface area contributed by atoms with Gasteiger partial charge < -0.3 is 4.74 Å². The Balaban J connectivity index is 2.39. The molecule has 0 saturated carbocycles. The summed E-state index contributed by atoms with van der Waals surface area (Å²) in [7, 11) is -2.68. The summed E-state index contributed by atoms with van der Waals surface area (Å²) < 4.78 is 32.8. The number of methoxy groups -OCH3 is 1. The van der Waals surface area contributed by atoms with Gasteiger partial charge in [-0.2, -0.15) is 0 Å². The number of aryl methyl sites for hydroxylation is 1. The van der Waals surface area contributed by atoms with E-state index in [1.54, 1.807) is 24.3 Å². The molecular weight excluding hydrogens is 326 g/mol. The lowest BCUT2D eigenvalue weighted by atomic mass is 10.1. The van der Waals surface area contributed by atoms with Crippen molar-refractivity contribution < 1.29 is 17.9 Å². The minimum absolute atomic E-state index is 0.0125. The number of anilines is 1. The van der Waals surface area contributed by atoms with E-state index in [9.17, 15) is 13.2 Å². The van der Waals surface area contributed by atoms with Crippen LogP contribution in [0, 0.1) is 0 Å². The summed E-state index contributed by atoms with van der Waals surface area (Å²) in [6.45, 7) is 2.08. The molecule has 0 amide bonds. The molecule has 0 fully saturated rings. The summed E-state index contributed by atoms with van der Waals surface area (Å²) in [4.78, 5) is 11.7. The molecule has 5 nitrogen and oxygen atoms in total. The smallest absolute Gasteiger partial charge is 0.339 e. The van der Waals surface area contributed by atoms with Gasteiger partial charge >= 0.3 is 5.97 Å². The third kappa shape index (κ3) is 4.14. The second kappa shape index (κ2) is 7.97. The van der Waals surface area contributed by atoms with Crippen molar-refractivity contribution in [2.45, 2.75) is 31.1 Å². The maximum Gasteiger partial charge on any atom is 0.339 e. The first-order chi connectivity index (χ1) is 11.5. The lowest BCUT2D eigenvalue weighted by Crippen LogP contribution is -2.18. The van der Waals surface area contributed by atoms with Crippen molar-refractivity contribution in [3.63, 3.8) is 0 Å². The molecule has 2 rings (SSSR count). The molecule has 0 aliphatic heterocycles. The number of carbonyl (C=O) groups is 1. The van der Waals surface area contributed by atoms with E-state index in [4.69, 9.17) is 0 Å². The Morgan fingerprint density at radius 1 is 1.08 bits per heavy atom. The average Bonchev–Trinajstić information content (AvgIpc) is 2.60. The summed E-state index contributed by atoms with van der Waals surface area (Å²) in [5.74, 6) is -0.685. The zero-order chi connectivity index (χ0) is 17.6. The van der Waals surface area contributed by atoms with Crippen molar-refractivity contribution in [2.24, 2.45) is 0 Å². The maximum atomic E-state index is 12.7. The zero-order valence-corrected chi connectivity index (χ0v) is 14.6. The van der Waals surface area contributed by atoms with Gasteiger partial charge in [0.15, 0.2) is 0 Å². The molecule has 0 aliphatic rings. The number of carbonyl (C=O) groups excluding carboxylic acids is 1. The minimum Gasteiger partial charge on any atom is -0.465 e. The third-order valence-corrected chi connectivity index (χ3v) is 5.07. The lowest BCUT2D eigenvalue weighted by molar-refractivity contribution is 0.0596. The first kappa shape index (κ1) is 18.0. The minimum atomic E-state index is -3.90. The van der Waals surface area contributed by atoms with Gasteiger partial charge in [-0.05, 0) is 36.6 Å². The van der Waals surface area contributed by atoms with Crippen LogP contribution >= 0.6 is 0 Å². The zero-order valence-electron chi connectivity index (χ0n) is 13.8. The summed E-state index contributed by atoms with van der Waals surface area (Å²) in [6, 6.07) is 13.3. The number of esters is 1. The van der Waals surface area contributed by atoms with Gasteiger partial charge in [0.25, 0.3) is 10.0 Å². The van der Waals surface area contributed by atoms with E-state index in [1.165, 1.54) is 19.2 Å². The third-order valence-electron chi connectivity index (χ3n) is 3.64. The number of benzene rings is 2. The number of para-hydroxylation sites is 1. The van der Waals surface area contributed by atoms with Gasteiger partial charge in [0.05, 0.1) is 18.4 Å². The Morgan fingerprint density at radius 2 is 1.75 bits per heavy atom. The SMILES string of the molecule is CCCCc1ccccc1NS(=O)(=O)c1ccccc1C(=O)OC. The van der Waals surface area contributed by atoms with E-state index in [-0.39, 0.29) is 10.5 Å². The van der Waals surface area contributed by atoms with E-state index in [2.05, 4.69) is 16.4 Å². The number of sulfonamides is 1. The van der Waals surface area contributed by atoms with Crippen LogP contribution in [0.4, 0.5) is 5.69 Å². The van der Waals surface area contributed by atoms with Crippen molar-refractivity contribution in [3.8, 4) is 0 Å². The predicted molar refractivity (Wildman–Crippen MR) is 93.6 cm³/mol. The molecule has 0 aliphatic carbocycles. The monoisotopic (exact) mass is 347 g/mol. The van der Waals surface area contributed by atoms with Gasteiger partial charge in [0.1, 0.15) is 4.90 Å². The van der Waals surface area contributed by atoms with Gasteiger partial charge in [-0.1, -0.05) is 43.7 Å². The Labute approximate surface area is 142 Å². The van der Waals surface area contributed by atoms with Crippen molar-refractivity contribution in [1.29, 1.82) is 0 Å². The van der Waals surface area contributed by atoms with Crippen LogP contribution in [0.2, 0.25) is 0 Å². The number of nitrogens with one attached hydrogen (secondary N) is 1. The van der Waals surface area contributed by atoms with Gasteiger partial charge in [0, 0.05) is 0 Å². The number of hydrogen-bond donors (Lipinski definition) is 1. The molecule has 0 heterocycles. The molecule has 0 unspecified atom stereocenters. The lowest BCUT2D eigenvalue weighted by Gasteiger charge is -2.14. The molecule has 0 bridgehead atoms. The van der Waals surface area contributed by atoms with Crippen LogP contribution in [0.5, 0.6) is 0 Å². The molecule has 0 atom stereocenters. The highest BCUT2D eigenvalue weighted by Gasteiger charge is 2.23. The second-order valence-corrected chi connectivity index (χ2v) is 7.00. The topological polar surface area (TPSA) is 72.5 Å². The first-order valence-electron chi connectivity index (χ1n) is 7.77. The molecular formula is C18H21NO4S. The normalized spacial score (nSPS) is 11.1. The van der Waals surface area contributed by atoms with Crippen LogP contribution in [0.25, 0.3) is 0 Å². The fourth-order valence-corrected chi connectivity index (χ4v) is 3.68. The van der Waals surface area contributed by atoms with Gasteiger partial charge in [0.2, 0.25) is 0 Å². The molecule has 0 aromatic heterocycles. The second-order valence-electron chi connectivity index (χ2n) is 5.35. The largest absolute Gasteiger partial charge is 0.465 e. The van der Waals surface area contributed by atoms with Crippen LogP contribution in [-0.4, -0.2) is 21.5 Å². The van der Waals surface area contributed by atoms with E-state index in [0.717, 1.165) is 24.8 Å². The van der Waals surface area contributed by atoms with Crippen molar-refractivity contribution in [2.75, 3.05) is 11.8 Å². The number of unbranched alkanes of at least 4 members (excludes halogenated alkanes) is 1. The van der Waals surface area contributed by atoms with Crippen molar-refractivity contribution in [3.05, 3.63) is 59.7 Å². The molecule has 0 saturated heterocycles. The van der Waals surface area contributed by atoms with Crippen molar-refractivity contribution >= 4 is 21.7 Å². The predicted octanol–water partition coefficient (Wildman–Crippen LogP) is 3.62. The molecule has 0 spiro atoms. The van der Waals surface area contributed by atoms with Gasteiger partial charge in [-0.15, -0.1) is 0 Å². The summed E-state index contributed by atoms with van der Waals surface area (Å²) in [5, 5.41) is 0. The van der Waals surface area contributed by atoms with Crippen LogP contribution in [0.3, 0.4) is 0 Å². The molecule has 0 radical (unpaired) electrons. The van der Waals surface area contributed by atoms with Crippen molar-refractivity contribution in [1.82, 2.24) is 0 Å². The Morgan fingerprint density at radius 3 is 2.46 bits per heavy atom. The molecule has 6 heteroatoms. The van der Waals surface area contributed by atoms with Crippen LogP contribution < -0.4 is 4.72 Å². The number of ether oxygens (including phenoxy) is 1. The highest BCUT2D eigenvalue weighted by Crippen LogP contribution is 2.24. The van der Waals surface area contributed by atoms with Gasteiger partial charge in [-0.25, -0.2) is 13.2 Å². The summed E-state index contributed by atoms with van der Waals surface area (Å²) in [5.41, 5.74) is 1.47. The molecule has 2 aromatic rings. The van der Waals surface area contributed by atoms with E-state index in [0.29, 0.717) is 5.69 Å². The standard InChI is InChI=1S/C18H21NO4S/c1-3-4-9-14-10-5-7-12-16(14)19-24(21,22)17-13-8-6-11-15(17)18(20)23-2/h5-8,10-13,19H,3-4,9H2,1-2H3. The van der Waals surface area contributed by atoms with Crippen LogP contribution in [0.15, 0.2) is 53.4 Å². The molecule has 24 heavy (non-hydrogen) atoms. The quantitative estimate of drug-likeness (QED) is 0.777. The maximum absolute atomic E-state index is 12.7. The number of rotatable bonds is 7. The highest BCUT2D eigenvalue weighted by molar-refractivity contribution is 7.92. The molecule has 2 aromatic carbocycles. The fourth-order valence-electron chi connectivity index (χ4n) is 2.38. The Kier molecular flexibility index (Phi) is 5.98. The Hall–Kier alpha value is -2.34. The molecule has 128 valence electrons. The number of hydrogen-bond acceptors (Lipinski definition) is 4. The van der Waals surface area contributed by atoms with E-state index < -0.39 is 16.0 Å². The van der Waals surface area contributed by atoms with Gasteiger partial charge in [-0.3, -0.25) is 4.72 Å². The highest BCUT2D eigenvalue weighted by atomic mass is 32.2.